The Labute approximate surface area is 162 Å². The average molecular weight is 392 g/mol. The van der Waals surface area contributed by atoms with Crippen molar-refractivity contribution in [1.29, 1.82) is 0 Å². The predicted molar refractivity (Wildman–Crippen MR) is 100 cm³/mol. The largest absolute Gasteiger partial charge is 0.496 e. The van der Waals surface area contributed by atoms with Crippen LogP contribution in [0.2, 0.25) is 0 Å². The van der Waals surface area contributed by atoms with Crippen LogP contribution >= 0.6 is 0 Å². The molecule has 1 saturated heterocycles. The van der Waals surface area contributed by atoms with Crippen LogP contribution in [0.3, 0.4) is 0 Å². The normalized spacial score (nSPS) is 20.6. The highest BCUT2D eigenvalue weighted by Gasteiger charge is 2.36. The minimum absolute atomic E-state index is 0.131. The molecule has 0 bridgehead atoms. The third-order valence-corrected chi connectivity index (χ3v) is 5.18. The van der Waals surface area contributed by atoms with Crippen molar-refractivity contribution in [2.24, 2.45) is 5.92 Å². The molecule has 0 spiro atoms. The number of alkyl halides is 3. The monoisotopic (exact) mass is 392 g/mol. The zero-order valence-electron chi connectivity index (χ0n) is 15.7. The van der Waals surface area contributed by atoms with Gasteiger partial charge in [-0.05, 0) is 30.7 Å². The van der Waals surface area contributed by atoms with Gasteiger partial charge in [0.2, 0.25) is 5.91 Å². The van der Waals surface area contributed by atoms with Gasteiger partial charge in [-0.1, -0.05) is 30.3 Å². The molecule has 1 fully saturated rings. The number of benzene rings is 2. The fourth-order valence-corrected chi connectivity index (χ4v) is 3.65. The second-order valence-corrected chi connectivity index (χ2v) is 6.96. The van der Waals surface area contributed by atoms with Gasteiger partial charge in [0.05, 0.1) is 24.6 Å². The van der Waals surface area contributed by atoms with E-state index in [-0.39, 0.29) is 23.8 Å². The summed E-state index contributed by atoms with van der Waals surface area (Å²) in [6.45, 7) is 2.91. The summed E-state index contributed by atoms with van der Waals surface area (Å²) in [7, 11) is 1.58. The first-order valence-electron chi connectivity index (χ1n) is 9.12. The van der Waals surface area contributed by atoms with Gasteiger partial charge in [0.1, 0.15) is 5.75 Å². The van der Waals surface area contributed by atoms with E-state index >= 15 is 0 Å². The fraction of sp³-hybridized carbons (Fsp3) is 0.381. The van der Waals surface area contributed by atoms with Gasteiger partial charge in [-0.15, -0.1) is 0 Å². The highest BCUT2D eigenvalue weighted by molar-refractivity contribution is 5.81. The van der Waals surface area contributed by atoms with Gasteiger partial charge in [-0.3, -0.25) is 4.79 Å². The summed E-state index contributed by atoms with van der Waals surface area (Å²) < 4.78 is 43.7. The third kappa shape index (κ3) is 4.30. The first kappa shape index (κ1) is 20.2. The van der Waals surface area contributed by atoms with Crippen LogP contribution in [0.15, 0.2) is 48.5 Å². The Morgan fingerprint density at radius 2 is 1.82 bits per heavy atom. The van der Waals surface area contributed by atoms with Gasteiger partial charge in [0.15, 0.2) is 0 Å². The van der Waals surface area contributed by atoms with Crippen molar-refractivity contribution in [2.45, 2.75) is 25.1 Å². The lowest BCUT2D eigenvalue weighted by Gasteiger charge is -2.23. The molecule has 1 amide bonds. The first-order valence-corrected chi connectivity index (χ1v) is 9.12. The molecule has 2 aromatic carbocycles. The minimum Gasteiger partial charge on any atom is -0.496 e. The number of rotatable bonds is 5. The Hall–Kier alpha value is -2.54. The van der Waals surface area contributed by atoms with Crippen LogP contribution in [-0.2, 0) is 11.0 Å². The topological polar surface area (TPSA) is 50.4 Å². The molecular weight excluding hydrogens is 369 g/mol. The Morgan fingerprint density at radius 3 is 2.46 bits per heavy atom. The Morgan fingerprint density at radius 1 is 1.14 bits per heavy atom. The summed E-state index contributed by atoms with van der Waals surface area (Å²) in [5.41, 5.74) is 0.909. The highest BCUT2D eigenvalue weighted by Crippen LogP contribution is 2.33. The lowest BCUT2D eigenvalue weighted by Crippen LogP contribution is -2.36. The molecule has 0 aliphatic carbocycles. The maximum Gasteiger partial charge on any atom is 0.416 e. The number of amides is 1. The van der Waals surface area contributed by atoms with Crippen LogP contribution in [0.5, 0.6) is 5.75 Å². The Bertz CT molecular complexity index is 821. The first-order chi connectivity index (χ1) is 13.3. The number of carbonyl (C=O) groups excluding carboxylic acids is 1. The van der Waals surface area contributed by atoms with Crippen LogP contribution < -0.4 is 15.4 Å². The number of halogens is 3. The van der Waals surface area contributed by atoms with Crippen LogP contribution in [0.1, 0.15) is 35.6 Å². The van der Waals surface area contributed by atoms with E-state index in [2.05, 4.69) is 10.6 Å². The predicted octanol–water partition coefficient (Wildman–Crippen LogP) is 3.89. The van der Waals surface area contributed by atoms with Gasteiger partial charge in [-0.25, -0.2) is 0 Å². The lowest BCUT2D eigenvalue weighted by molar-refractivity contribution is -0.137. The number of methoxy groups -OCH3 is 1. The van der Waals surface area contributed by atoms with Crippen molar-refractivity contribution in [2.75, 3.05) is 20.2 Å². The molecule has 2 aromatic rings. The molecule has 1 heterocycles. The van der Waals surface area contributed by atoms with E-state index < -0.39 is 11.7 Å². The lowest BCUT2D eigenvalue weighted by atomic mass is 9.87. The van der Waals surface area contributed by atoms with E-state index in [1.807, 2.05) is 31.2 Å². The van der Waals surface area contributed by atoms with Gasteiger partial charge >= 0.3 is 6.18 Å². The molecule has 0 saturated carbocycles. The molecule has 1 aliphatic heterocycles. The Kier molecular flexibility index (Phi) is 5.93. The van der Waals surface area contributed by atoms with Crippen LogP contribution in [0, 0.1) is 5.92 Å². The smallest absolute Gasteiger partial charge is 0.416 e. The summed E-state index contributed by atoms with van der Waals surface area (Å²) in [6, 6.07) is 12.3. The molecule has 0 aromatic heterocycles. The standard InChI is InChI=1S/C21H23F3N2O2/c1-13(16-5-3-4-6-19(16)28-2)26-20(27)18-12-25-11-17(18)14-7-9-15(10-8-14)21(22,23)24/h3-10,13,17-18,25H,11-12H2,1-2H3,(H,26,27)/t13-,17-,18+/m0/s1. The quantitative estimate of drug-likeness (QED) is 0.812. The minimum atomic E-state index is -4.37. The summed E-state index contributed by atoms with van der Waals surface area (Å²) >= 11 is 0. The van der Waals surface area contributed by atoms with Crippen LogP contribution in [0.4, 0.5) is 13.2 Å². The SMILES string of the molecule is COc1ccccc1[C@H](C)NC(=O)[C@@H]1CNC[C@H]1c1ccc(C(F)(F)F)cc1. The molecular formula is C21H23F3N2O2. The van der Waals surface area contributed by atoms with Crippen LogP contribution in [0.25, 0.3) is 0 Å². The van der Waals surface area contributed by atoms with Crippen molar-refractivity contribution >= 4 is 5.91 Å². The molecule has 4 nitrogen and oxygen atoms in total. The number of ether oxygens (including phenoxy) is 1. The van der Waals surface area contributed by atoms with Gasteiger partial charge in [0.25, 0.3) is 0 Å². The summed E-state index contributed by atoms with van der Waals surface area (Å²) in [5, 5.41) is 6.18. The second-order valence-electron chi connectivity index (χ2n) is 6.96. The maximum absolute atomic E-state index is 12.9. The summed E-state index contributed by atoms with van der Waals surface area (Å²) in [4.78, 5) is 12.9. The molecule has 28 heavy (non-hydrogen) atoms. The van der Waals surface area contributed by atoms with Gasteiger partial charge in [0, 0.05) is 24.6 Å². The van der Waals surface area contributed by atoms with Gasteiger partial charge < -0.3 is 15.4 Å². The number of carbonyl (C=O) groups is 1. The molecule has 0 unspecified atom stereocenters. The molecule has 3 atom stereocenters. The molecule has 0 radical (unpaired) electrons. The van der Waals surface area contributed by atoms with Crippen molar-refractivity contribution in [3.8, 4) is 5.75 Å². The van der Waals surface area contributed by atoms with Crippen molar-refractivity contribution in [3.63, 3.8) is 0 Å². The molecule has 2 N–H and O–H groups in total. The van der Waals surface area contributed by atoms with Crippen molar-refractivity contribution < 1.29 is 22.7 Å². The maximum atomic E-state index is 12.9. The van der Waals surface area contributed by atoms with Crippen molar-refractivity contribution in [3.05, 3.63) is 65.2 Å². The highest BCUT2D eigenvalue weighted by atomic mass is 19.4. The third-order valence-electron chi connectivity index (χ3n) is 5.18. The molecule has 3 rings (SSSR count). The van der Waals surface area contributed by atoms with E-state index in [1.165, 1.54) is 12.1 Å². The number of hydrogen-bond acceptors (Lipinski definition) is 3. The van der Waals surface area contributed by atoms with E-state index in [0.717, 1.165) is 23.3 Å². The van der Waals surface area contributed by atoms with E-state index in [9.17, 15) is 18.0 Å². The van der Waals surface area contributed by atoms with E-state index in [1.54, 1.807) is 7.11 Å². The molecule has 150 valence electrons. The number of nitrogens with one attached hydrogen (secondary N) is 2. The zero-order chi connectivity index (χ0) is 20.3. The Balaban J connectivity index is 1.72. The van der Waals surface area contributed by atoms with E-state index in [0.29, 0.717) is 18.8 Å². The van der Waals surface area contributed by atoms with Gasteiger partial charge in [-0.2, -0.15) is 13.2 Å². The number of para-hydroxylation sites is 1. The second kappa shape index (κ2) is 8.22. The summed E-state index contributed by atoms with van der Waals surface area (Å²) in [6.07, 6.45) is -4.37. The number of hydrogen-bond donors (Lipinski definition) is 2. The van der Waals surface area contributed by atoms with Crippen LogP contribution in [-0.4, -0.2) is 26.1 Å². The molecule has 1 aliphatic rings. The van der Waals surface area contributed by atoms with E-state index in [4.69, 9.17) is 4.74 Å². The average Bonchev–Trinajstić information content (AvgIpc) is 3.17. The van der Waals surface area contributed by atoms with Crippen molar-refractivity contribution in [1.82, 2.24) is 10.6 Å². The fourth-order valence-electron chi connectivity index (χ4n) is 3.65. The zero-order valence-corrected chi connectivity index (χ0v) is 15.7. The summed E-state index contributed by atoms with van der Waals surface area (Å²) in [5.74, 6) is 0.0356. The molecule has 7 heteroatoms.